The van der Waals surface area contributed by atoms with Gasteiger partial charge >= 0.3 is 0 Å². The predicted molar refractivity (Wildman–Crippen MR) is 109 cm³/mol. The van der Waals surface area contributed by atoms with Crippen molar-refractivity contribution in [2.75, 3.05) is 4.31 Å². The Hall–Kier alpha value is -1.83. The molecule has 0 bridgehead atoms. The van der Waals surface area contributed by atoms with Gasteiger partial charge in [-0.3, -0.25) is 9.10 Å². The minimum Gasteiger partial charge on any atom is -0.387 e. The number of carbonyl (C=O) groups excluding carboxylic acids is 1. The van der Waals surface area contributed by atoms with Crippen LogP contribution in [0.1, 0.15) is 40.9 Å². The average molecular weight is 423 g/mol. The van der Waals surface area contributed by atoms with E-state index in [1.54, 1.807) is 35.7 Å². The van der Waals surface area contributed by atoms with Crippen LogP contribution >= 0.6 is 22.9 Å². The van der Waals surface area contributed by atoms with Crippen molar-refractivity contribution in [3.63, 3.8) is 0 Å². The number of nitrogens with one attached hydrogen (secondary N) is 1. The van der Waals surface area contributed by atoms with Gasteiger partial charge in [-0.05, 0) is 42.0 Å². The Morgan fingerprint density at radius 2 is 1.89 bits per heavy atom. The van der Waals surface area contributed by atoms with E-state index >= 15 is 0 Å². The number of thiophene rings is 1. The van der Waals surface area contributed by atoms with Crippen LogP contribution < -0.4 is 9.62 Å². The summed E-state index contributed by atoms with van der Waals surface area (Å²) in [5, 5.41) is 5.49. The van der Waals surface area contributed by atoms with E-state index in [2.05, 4.69) is 5.32 Å². The number of nitrogens with zero attached hydrogens (tertiary/aromatic N) is 1. The zero-order chi connectivity index (χ0) is 19.0. The molecule has 1 aliphatic carbocycles. The summed E-state index contributed by atoms with van der Waals surface area (Å²) in [5.74, 6) is -0.433. The lowest BCUT2D eigenvalue weighted by Crippen LogP contribution is -2.39. The molecule has 1 aromatic carbocycles. The van der Waals surface area contributed by atoms with Crippen molar-refractivity contribution < 1.29 is 13.2 Å². The molecule has 0 radical (unpaired) electrons. The molecule has 5 nitrogen and oxygen atoms in total. The minimum atomic E-state index is -3.94. The number of rotatable bonds is 4. The molecule has 0 saturated heterocycles. The molecule has 1 aliphatic heterocycles. The molecule has 27 heavy (non-hydrogen) atoms. The number of allylic oxidation sites excluding steroid dienone is 1. The van der Waals surface area contributed by atoms with Crippen molar-refractivity contribution in [2.24, 2.45) is 0 Å². The zero-order valence-corrected chi connectivity index (χ0v) is 16.9. The maximum absolute atomic E-state index is 13.2. The predicted octanol–water partition coefficient (Wildman–Crippen LogP) is 4.31. The highest BCUT2D eigenvalue weighted by atomic mass is 35.5. The van der Waals surface area contributed by atoms with Crippen LogP contribution in [0, 0.1) is 0 Å². The molecule has 0 atom stereocenters. The van der Waals surface area contributed by atoms with Crippen LogP contribution in [-0.2, 0) is 16.6 Å². The number of benzene rings is 1. The van der Waals surface area contributed by atoms with Gasteiger partial charge in [0.25, 0.3) is 10.0 Å². The fraction of sp³-hybridized carbons (Fsp3) is 0.316. The highest BCUT2D eigenvalue weighted by Gasteiger charge is 2.41. The molecule has 1 saturated carbocycles. The topological polar surface area (TPSA) is 66.5 Å². The molecule has 0 amide bonds. The summed E-state index contributed by atoms with van der Waals surface area (Å²) in [7, 11) is -3.94. The van der Waals surface area contributed by atoms with E-state index in [-0.39, 0.29) is 17.5 Å². The fourth-order valence-corrected chi connectivity index (χ4v) is 6.12. The summed E-state index contributed by atoms with van der Waals surface area (Å²) in [4.78, 5) is 13.1. The van der Waals surface area contributed by atoms with Crippen LogP contribution in [0.25, 0.3) is 0 Å². The number of fused-ring (bicyclic) bond motifs is 1. The molecule has 1 fully saturated rings. The van der Waals surface area contributed by atoms with Crippen LogP contribution in [-0.4, -0.2) is 20.2 Å². The number of ketones is 1. The molecule has 2 aromatic rings. The smallest absolute Gasteiger partial charge is 0.270 e. The summed E-state index contributed by atoms with van der Waals surface area (Å²) in [5.41, 5.74) is 1.25. The first kappa shape index (κ1) is 18.5. The SMILES string of the molecule is O=C1C(=CNC2CCCC2)S(=O)(=O)N(Cc2ccc(Cl)cc2)c2ccsc21. The van der Waals surface area contributed by atoms with Gasteiger partial charge in [-0.15, -0.1) is 11.3 Å². The van der Waals surface area contributed by atoms with Gasteiger partial charge < -0.3 is 5.32 Å². The summed E-state index contributed by atoms with van der Waals surface area (Å²) in [6.45, 7) is 0.150. The number of halogens is 1. The summed E-state index contributed by atoms with van der Waals surface area (Å²) < 4.78 is 27.8. The minimum absolute atomic E-state index is 0.150. The Balaban J connectivity index is 1.71. The number of Topliss-reactive ketones (excluding diaryl/α,β-unsaturated/α-hetero) is 1. The Bertz CT molecular complexity index is 990. The molecule has 0 unspecified atom stereocenters. The Morgan fingerprint density at radius 1 is 1.19 bits per heavy atom. The third-order valence-electron chi connectivity index (χ3n) is 4.96. The van der Waals surface area contributed by atoms with Gasteiger partial charge in [0.05, 0.1) is 12.2 Å². The second kappa shape index (κ2) is 7.30. The Kier molecular flexibility index (Phi) is 5.01. The van der Waals surface area contributed by atoms with Gasteiger partial charge in [0.15, 0.2) is 4.91 Å². The largest absolute Gasteiger partial charge is 0.387 e. The van der Waals surface area contributed by atoms with Crippen molar-refractivity contribution in [3.05, 3.63) is 62.3 Å². The maximum Gasteiger partial charge on any atom is 0.270 e. The van der Waals surface area contributed by atoms with Crippen molar-refractivity contribution >= 4 is 44.4 Å². The molecule has 2 aliphatic rings. The molecule has 8 heteroatoms. The monoisotopic (exact) mass is 422 g/mol. The van der Waals surface area contributed by atoms with E-state index in [1.807, 2.05) is 0 Å². The highest BCUT2D eigenvalue weighted by Crippen LogP contribution is 2.39. The number of hydrogen-bond acceptors (Lipinski definition) is 5. The summed E-state index contributed by atoms with van der Waals surface area (Å²) in [6, 6.07) is 8.96. The zero-order valence-electron chi connectivity index (χ0n) is 14.5. The van der Waals surface area contributed by atoms with Gasteiger partial charge in [-0.2, -0.15) is 0 Å². The molecule has 2 heterocycles. The fourth-order valence-electron chi connectivity index (χ4n) is 3.50. The maximum atomic E-state index is 13.2. The van der Waals surface area contributed by atoms with Crippen LogP contribution in [0.5, 0.6) is 0 Å². The molecule has 1 N–H and O–H groups in total. The molecular weight excluding hydrogens is 404 g/mol. The lowest BCUT2D eigenvalue weighted by molar-refractivity contribution is 0.104. The number of anilines is 1. The molecule has 142 valence electrons. The van der Waals surface area contributed by atoms with E-state index in [0.717, 1.165) is 31.2 Å². The van der Waals surface area contributed by atoms with E-state index in [9.17, 15) is 13.2 Å². The van der Waals surface area contributed by atoms with Crippen LogP contribution in [0.3, 0.4) is 0 Å². The molecule has 1 aromatic heterocycles. The average Bonchev–Trinajstić information content (AvgIpc) is 3.32. The quantitative estimate of drug-likeness (QED) is 0.745. The van der Waals surface area contributed by atoms with E-state index in [1.165, 1.54) is 21.8 Å². The number of hydrogen-bond donors (Lipinski definition) is 1. The Labute approximate surface area is 167 Å². The van der Waals surface area contributed by atoms with E-state index in [4.69, 9.17) is 11.6 Å². The second-order valence-electron chi connectivity index (χ2n) is 6.76. The van der Waals surface area contributed by atoms with Crippen molar-refractivity contribution in [1.29, 1.82) is 0 Å². The van der Waals surface area contributed by atoms with Crippen molar-refractivity contribution in [1.82, 2.24) is 5.32 Å². The number of sulfonamides is 1. The lowest BCUT2D eigenvalue weighted by Gasteiger charge is -2.29. The first-order valence-electron chi connectivity index (χ1n) is 8.82. The molecular formula is C19H19ClN2O3S2. The standard InChI is InChI=1S/C19H19ClN2O3S2/c20-14-7-5-13(6-8-14)12-22-16-9-10-26-19(16)18(23)17(27(22,24)25)11-21-15-3-1-2-4-15/h5-11,15,21H,1-4,12H2. The van der Waals surface area contributed by atoms with Gasteiger partial charge in [0.2, 0.25) is 5.78 Å². The van der Waals surface area contributed by atoms with Gasteiger partial charge in [0, 0.05) is 17.3 Å². The number of carbonyl (C=O) groups is 1. The van der Waals surface area contributed by atoms with Crippen LogP contribution in [0.2, 0.25) is 5.02 Å². The third kappa shape index (κ3) is 3.51. The van der Waals surface area contributed by atoms with Gasteiger partial charge in [-0.1, -0.05) is 36.6 Å². The van der Waals surface area contributed by atoms with Crippen molar-refractivity contribution in [2.45, 2.75) is 38.3 Å². The van der Waals surface area contributed by atoms with Gasteiger partial charge in [0.1, 0.15) is 4.88 Å². The first-order valence-corrected chi connectivity index (χ1v) is 11.5. The van der Waals surface area contributed by atoms with E-state index in [0.29, 0.717) is 15.6 Å². The normalized spacial score (nSPS) is 20.9. The summed E-state index contributed by atoms with van der Waals surface area (Å²) >= 11 is 7.20. The van der Waals surface area contributed by atoms with Crippen LogP contribution in [0.4, 0.5) is 5.69 Å². The second-order valence-corrected chi connectivity index (χ2v) is 9.94. The van der Waals surface area contributed by atoms with Gasteiger partial charge in [-0.25, -0.2) is 8.42 Å². The Morgan fingerprint density at radius 3 is 2.59 bits per heavy atom. The highest BCUT2D eigenvalue weighted by molar-refractivity contribution is 7.97. The van der Waals surface area contributed by atoms with Crippen molar-refractivity contribution in [3.8, 4) is 0 Å². The van der Waals surface area contributed by atoms with Crippen LogP contribution in [0.15, 0.2) is 46.8 Å². The molecule has 0 spiro atoms. The summed E-state index contributed by atoms with van der Waals surface area (Å²) in [6.07, 6.45) is 5.65. The lowest BCUT2D eigenvalue weighted by atomic mass is 10.2. The first-order chi connectivity index (χ1) is 13.0. The third-order valence-corrected chi connectivity index (χ3v) is 7.88. The van der Waals surface area contributed by atoms with E-state index < -0.39 is 15.8 Å². The molecule has 4 rings (SSSR count).